The highest BCUT2D eigenvalue weighted by atomic mass is 127. The quantitative estimate of drug-likeness (QED) is 0.659. The van der Waals surface area contributed by atoms with E-state index in [0.717, 1.165) is 16.5 Å². The van der Waals surface area contributed by atoms with Gasteiger partial charge in [0.05, 0.1) is 0 Å². The van der Waals surface area contributed by atoms with Crippen molar-refractivity contribution in [2.75, 3.05) is 0 Å². The molecule has 1 atom stereocenters. The number of benzene rings is 2. The maximum Gasteiger partial charge on any atom is 0.138 e. The van der Waals surface area contributed by atoms with Gasteiger partial charge in [-0.15, -0.1) is 0 Å². The summed E-state index contributed by atoms with van der Waals surface area (Å²) in [5.74, 6) is 0.153. The molecule has 0 saturated carbocycles. The van der Waals surface area contributed by atoms with Crippen LogP contribution in [-0.4, -0.2) is 5.11 Å². The van der Waals surface area contributed by atoms with Crippen LogP contribution in [0.2, 0.25) is 0 Å². The van der Waals surface area contributed by atoms with Gasteiger partial charge in [0.2, 0.25) is 0 Å². The van der Waals surface area contributed by atoms with E-state index in [0.29, 0.717) is 14.9 Å². The van der Waals surface area contributed by atoms with Crippen molar-refractivity contribution in [3.8, 4) is 0 Å². The van der Waals surface area contributed by atoms with Gasteiger partial charge in [-0.1, -0.05) is 17.7 Å². The van der Waals surface area contributed by atoms with Gasteiger partial charge in [-0.3, -0.25) is 0 Å². The molecule has 0 aliphatic heterocycles. The topological polar surface area (TPSA) is 33.4 Å². The lowest BCUT2D eigenvalue weighted by Gasteiger charge is -2.10. The molecule has 0 amide bonds. The predicted octanol–water partition coefficient (Wildman–Crippen LogP) is 4.57. The first kappa shape index (κ1) is 13.6. The van der Waals surface area contributed by atoms with Crippen LogP contribution in [0.5, 0.6) is 0 Å². The largest absolute Gasteiger partial charge is 0.458 e. The molecule has 2 nitrogen and oxygen atoms in total. The van der Waals surface area contributed by atoms with E-state index in [1.807, 2.05) is 53.8 Å². The standard InChI is InChI=1S/C16H12FIO2/c1-9-2-5-14-10(6-9)7-15(20-14)16(19)12-4-3-11(17)8-13(12)18/h2-8,16,19H,1H3. The van der Waals surface area contributed by atoms with Crippen LogP contribution >= 0.6 is 22.6 Å². The second-order valence-corrected chi connectivity index (χ2v) is 5.92. The zero-order valence-corrected chi connectivity index (χ0v) is 12.9. The Morgan fingerprint density at radius 1 is 1.15 bits per heavy atom. The van der Waals surface area contributed by atoms with Crippen molar-refractivity contribution >= 4 is 33.6 Å². The number of aliphatic hydroxyl groups excluding tert-OH is 1. The summed E-state index contributed by atoms with van der Waals surface area (Å²) in [4.78, 5) is 0. The molecule has 0 spiro atoms. The Kier molecular flexibility index (Phi) is 3.52. The van der Waals surface area contributed by atoms with Gasteiger partial charge in [0.1, 0.15) is 23.3 Å². The fourth-order valence-corrected chi connectivity index (χ4v) is 2.97. The van der Waals surface area contributed by atoms with E-state index in [2.05, 4.69) is 0 Å². The Labute approximate surface area is 129 Å². The Hall–Kier alpha value is -1.40. The average molecular weight is 382 g/mol. The fourth-order valence-electron chi connectivity index (χ4n) is 2.19. The second kappa shape index (κ2) is 5.18. The number of fused-ring (bicyclic) bond motifs is 1. The van der Waals surface area contributed by atoms with Crippen molar-refractivity contribution in [2.45, 2.75) is 13.0 Å². The van der Waals surface area contributed by atoms with E-state index in [-0.39, 0.29) is 5.82 Å². The number of hydrogen-bond acceptors (Lipinski definition) is 2. The predicted molar refractivity (Wildman–Crippen MR) is 84.1 cm³/mol. The molecule has 0 aliphatic rings. The van der Waals surface area contributed by atoms with Crippen molar-refractivity contribution in [3.05, 3.63) is 68.7 Å². The summed E-state index contributed by atoms with van der Waals surface area (Å²) < 4.78 is 19.5. The second-order valence-electron chi connectivity index (χ2n) is 4.76. The summed E-state index contributed by atoms with van der Waals surface area (Å²) in [5.41, 5.74) is 2.51. The summed E-state index contributed by atoms with van der Waals surface area (Å²) in [7, 11) is 0. The minimum Gasteiger partial charge on any atom is -0.458 e. The monoisotopic (exact) mass is 382 g/mol. The Morgan fingerprint density at radius 2 is 1.95 bits per heavy atom. The van der Waals surface area contributed by atoms with Crippen LogP contribution in [-0.2, 0) is 0 Å². The Balaban J connectivity index is 2.05. The molecule has 0 fully saturated rings. The summed E-state index contributed by atoms with van der Waals surface area (Å²) >= 11 is 2.01. The molecule has 0 bridgehead atoms. The number of rotatable bonds is 2. The number of aryl methyl sites for hydroxylation is 1. The van der Waals surface area contributed by atoms with Gasteiger partial charge in [-0.25, -0.2) is 4.39 Å². The maximum absolute atomic E-state index is 13.1. The molecule has 2 aromatic carbocycles. The zero-order valence-electron chi connectivity index (χ0n) is 10.7. The first-order valence-electron chi connectivity index (χ1n) is 6.18. The van der Waals surface area contributed by atoms with Crippen molar-refractivity contribution in [3.63, 3.8) is 0 Å². The summed E-state index contributed by atoms with van der Waals surface area (Å²) in [6.07, 6.45) is -0.893. The minimum absolute atomic E-state index is 0.314. The Morgan fingerprint density at radius 3 is 2.70 bits per heavy atom. The van der Waals surface area contributed by atoms with Crippen LogP contribution in [0.15, 0.2) is 46.9 Å². The highest BCUT2D eigenvalue weighted by Crippen LogP contribution is 2.31. The molecule has 1 heterocycles. The number of hydrogen-bond donors (Lipinski definition) is 1. The SMILES string of the molecule is Cc1ccc2oc(C(O)c3ccc(F)cc3I)cc2c1. The van der Waals surface area contributed by atoms with E-state index >= 15 is 0 Å². The minimum atomic E-state index is -0.893. The van der Waals surface area contributed by atoms with Crippen molar-refractivity contribution in [1.82, 2.24) is 0 Å². The lowest BCUT2D eigenvalue weighted by Crippen LogP contribution is -2.01. The third-order valence-corrected chi connectivity index (χ3v) is 4.15. The molecular formula is C16H12FIO2. The first-order valence-corrected chi connectivity index (χ1v) is 7.25. The molecule has 0 radical (unpaired) electrons. The molecule has 1 N–H and O–H groups in total. The van der Waals surface area contributed by atoms with Crippen LogP contribution in [0.3, 0.4) is 0 Å². The van der Waals surface area contributed by atoms with Crippen LogP contribution in [0.25, 0.3) is 11.0 Å². The third-order valence-electron chi connectivity index (χ3n) is 3.22. The van der Waals surface area contributed by atoms with Gasteiger partial charge in [-0.05, 0) is 59.8 Å². The molecular weight excluding hydrogens is 370 g/mol. The van der Waals surface area contributed by atoms with E-state index in [1.165, 1.54) is 12.1 Å². The van der Waals surface area contributed by atoms with Gasteiger partial charge < -0.3 is 9.52 Å². The first-order chi connectivity index (χ1) is 9.54. The summed E-state index contributed by atoms with van der Waals surface area (Å²) in [6, 6.07) is 12.0. The van der Waals surface area contributed by atoms with Crippen LogP contribution < -0.4 is 0 Å². The highest BCUT2D eigenvalue weighted by Gasteiger charge is 2.18. The van der Waals surface area contributed by atoms with Gasteiger partial charge in [0.25, 0.3) is 0 Å². The average Bonchev–Trinajstić information content (AvgIpc) is 2.81. The van der Waals surface area contributed by atoms with E-state index in [9.17, 15) is 9.50 Å². The molecule has 3 aromatic rings. The molecule has 102 valence electrons. The highest BCUT2D eigenvalue weighted by molar-refractivity contribution is 14.1. The van der Waals surface area contributed by atoms with E-state index in [1.54, 1.807) is 6.07 Å². The van der Waals surface area contributed by atoms with Gasteiger partial charge >= 0.3 is 0 Å². The molecule has 1 unspecified atom stereocenters. The molecule has 3 rings (SSSR count). The van der Waals surface area contributed by atoms with Gasteiger partial charge in [0, 0.05) is 14.5 Å². The van der Waals surface area contributed by atoms with Crippen molar-refractivity contribution in [1.29, 1.82) is 0 Å². The fraction of sp³-hybridized carbons (Fsp3) is 0.125. The van der Waals surface area contributed by atoms with Crippen molar-refractivity contribution in [2.24, 2.45) is 0 Å². The van der Waals surface area contributed by atoms with Crippen molar-refractivity contribution < 1.29 is 13.9 Å². The normalized spacial score (nSPS) is 12.8. The zero-order chi connectivity index (χ0) is 14.3. The van der Waals surface area contributed by atoms with Crippen LogP contribution in [0.4, 0.5) is 4.39 Å². The Bertz CT molecular complexity index is 779. The molecule has 20 heavy (non-hydrogen) atoms. The van der Waals surface area contributed by atoms with E-state index < -0.39 is 6.10 Å². The maximum atomic E-state index is 13.1. The molecule has 0 saturated heterocycles. The lowest BCUT2D eigenvalue weighted by molar-refractivity contribution is 0.191. The molecule has 1 aromatic heterocycles. The number of furan rings is 1. The van der Waals surface area contributed by atoms with Crippen LogP contribution in [0, 0.1) is 16.3 Å². The molecule has 0 aliphatic carbocycles. The summed E-state index contributed by atoms with van der Waals surface area (Å²) in [6.45, 7) is 2.01. The van der Waals surface area contributed by atoms with Gasteiger partial charge in [0.15, 0.2) is 0 Å². The number of halogens is 2. The number of aliphatic hydroxyl groups is 1. The smallest absolute Gasteiger partial charge is 0.138 e. The lowest BCUT2D eigenvalue weighted by atomic mass is 10.1. The van der Waals surface area contributed by atoms with E-state index in [4.69, 9.17) is 4.42 Å². The molecule has 4 heteroatoms. The third kappa shape index (κ3) is 2.45. The van der Waals surface area contributed by atoms with Gasteiger partial charge in [-0.2, -0.15) is 0 Å². The summed E-state index contributed by atoms with van der Waals surface area (Å²) in [5, 5.41) is 11.4. The van der Waals surface area contributed by atoms with Crippen LogP contribution in [0.1, 0.15) is 23.0 Å².